The topological polar surface area (TPSA) is 88.5 Å². The summed E-state index contributed by atoms with van der Waals surface area (Å²) in [4.78, 5) is 29.6. The second-order valence-electron chi connectivity index (χ2n) is 2.37. The van der Waals surface area contributed by atoms with Gasteiger partial charge in [-0.1, -0.05) is 0 Å². The van der Waals surface area contributed by atoms with Crippen LogP contribution >= 0.6 is 0 Å². The number of hydrogen-bond acceptors (Lipinski definition) is 4. The summed E-state index contributed by atoms with van der Waals surface area (Å²) in [6.45, 7) is 0. The maximum Gasteiger partial charge on any atom is 0.354 e. The predicted octanol–water partition coefficient (Wildman–Crippen LogP) is 0.0710. The molecule has 6 heteroatoms. The Morgan fingerprint density at radius 1 is 1.57 bits per heavy atom. The van der Waals surface area contributed by atoms with Crippen LogP contribution in [0.1, 0.15) is 20.8 Å². The molecule has 0 fully saturated rings. The van der Waals surface area contributed by atoms with Crippen molar-refractivity contribution in [2.45, 2.75) is 0 Å². The quantitative estimate of drug-likeness (QED) is 0.668. The second kappa shape index (κ2) is 4.33. The summed E-state index contributed by atoms with van der Waals surface area (Å²) in [5, 5.41) is 8.60. The average molecular weight is 196 g/mol. The van der Waals surface area contributed by atoms with Gasteiger partial charge in [-0.3, -0.25) is 9.63 Å². The Morgan fingerprint density at radius 2 is 2.29 bits per heavy atom. The van der Waals surface area contributed by atoms with E-state index < -0.39 is 11.9 Å². The molecule has 1 amide bonds. The van der Waals surface area contributed by atoms with E-state index in [9.17, 15) is 9.59 Å². The smallest absolute Gasteiger partial charge is 0.354 e. The molecule has 74 valence electrons. The van der Waals surface area contributed by atoms with Crippen LogP contribution in [0.3, 0.4) is 0 Å². The van der Waals surface area contributed by atoms with Gasteiger partial charge in [0.05, 0.1) is 7.11 Å². The Morgan fingerprint density at radius 3 is 2.86 bits per heavy atom. The van der Waals surface area contributed by atoms with Crippen molar-refractivity contribution in [3.05, 3.63) is 29.6 Å². The average Bonchev–Trinajstić information content (AvgIpc) is 2.18. The number of nitrogens with one attached hydrogen (secondary N) is 1. The predicted molar refractivity (Wildman–Crippen MR) is 45.7 cm³/mol. The number of pyridine rings is 1. The first-order valence-corrected chi connectivity index (χ1v) is 3.68. The van der Waals surface area contributed by atoms with Gasteiger partial charge in [-0.2, -0.15) is 0 Å². The number of aromatic nitrogens is 1. The summed E-state index contributed by atoms with van der Waals surface area (Å²) in [5.41, 5.74) is 2.06. The molecule has 14 heavy (non-hydrogen) atoms. The fourth-order valence-corrected chi connectivity index (χ4v) is 0.840. The summed E-state index contributed by atoms with van der Waals surface area (Å²) < 4.78 is 0. The summed E-state index contributed by atoms with van der Waals surface area (Å²) in [6, 6.07) is 2.55. The summed E-state index contributed by atoms with van der Waals surface area (Å²) >= 11 is 0. The normalized spacial score (nSPS) is 9.50. The van der Waals surface area contributed by atoms with Gasteiger partial charge in [0.15, 0.2) is 0 Å². The third-order valence-corrected chi connectivity index (χ3v) is 1.44. The molecular formula is C8H8N2O4. The molecule has 0 atom stereocenters. The molecule has 0 saturated carbocycles. The van der Waals surface area contributed by atoms with E-state index in [0.29, 0.717) is 0 Å². The lowest BCUT2D eigenvalue weighted by Gasteiger charge is -2.01. The molecular weight excluding hydrogens is 188 g/mol. The lowest BCUT2D eigenvalue weighted by Crippen LogP contribution is -2.22. The highest BCUT2D eigenvalue weighted by atomic mass is 16.6. The molecule has 0 aromatic carbocycles. The molecule has 0 bridgehead atoms. The number of carbonyl (C=O) groups is 2. The van der Waals surface area contributed by atoms with Crippen molar-refractivity contribution in [3.8, 4) is 0 Å². The lowest BCUT2D eigenvalue weighted by atomic mass is 10.2. The first kappa shape index (κ1) is 10.1. The molecule has 1 aromatic heterocycles. The minimum atomic E-state index is -1.18. The number of aromatic carboxylic acids is 1. The van der Waals surface area contributed by atoms with E-state index in [1.54, 1.807) is 0 Å². The number of carboxylic acids is 1. The maximum absolute atomic E-state index is 11.2. The van der Waals surface area contributed by atoms with Crippen LogP contribution in [0.15, 0.2) is 18.3 Å². The van der Waals surface area contributed by atoms with Gasteiger partial charge in [-0.15, -0.1) is 0 Å². The molecule has 1 aromatic rings. The van der Waals surface area contributed by atoms with Gasteiger partial charge in [-0.25, -0.2) is 15.3 Å². The van der Waals surface area contributed by atoms with Crippen molar-refractivity contribution in [2.75, 3.05) is 7.11 Å². The van der Waals surface area contributed by atoms with Crippen molar-refractivity contribution >= 4 is 11.9 Å². The van der Waals surface area contributed by atoms with Crippen LogP contribution in [0.4, 0.5) is 0 Å². The Bertz CT molecular complexity index is 364. The van der Waals surface area contributed by atoms with Gasteiger partial charge in [-0.05, 0) is 12.1 Å². The highest BCUT2D eigenvalue weighted by molar-refractivity contribution is 5.96. The first-order valence-electron chi connectivity index (χ1n) is 3.68. The van der Waals surface area contributed by atoms with Crippen LogP contribution < -0.4 is 5.48 Å². The van der Waals surface area contributed by atoms with Crippen molar-refractivity contribution in [1.82, 2.24) is 10.5 Å². The molecule has 1 heterocycles. The fraction of sp³-hybridized carbons (Fsp3) is 0.125. The van der Waals surface area contributed by atoms with E-state index in [1.807, 2.05) is 0 Å². The van der Waals surface area contributed by atoms with Crippen LogP contribution in [0.25, 0.3) is 0 Å². The monoisotopic (exact) mass is 196 g/mol. The molecule has 0 saturated heterocycles. The number of carboxylic acid groups (broad SMARTS) is 1. The standard InChI is InChI=1S/C8H8N2O4/c1-14-10-7(11)5-2-3-9-6(4-5)8(12)13/h2-4H,1H3,(H,10,11)(H,12,13). The molecule has 2 N–H and O–H groups in total. The summed E-state index contributed by atoms with van der Waals surface area (Å²) in [7, 11) is 1.29. The number of nitrogens with zero attached hydrogens (tertiary/aromatic N) is 1. The van der Waals surface area contributed by atoms with E-state index in [0.717, 1.165) is 6.07 Å². The zero-order chi connectivity index (χ0) is 10.6. The van der Waals surface area contributed by atoms with Crippen LogP contribution in [-0.2, 0) is 4.84 Å². The largest absolute Gasteiger partial charge is 0.477 e. The molecule has 0 spiro atoms. The van der Waals surface area contributed by atoms with E-state index in [2.05, 4.69) is 15.3 Å². The number of amides is 1. The molecule has 0 radical (unpaired) electrons. The first-order chi connectivity index (χ1) is 6.65. The van der Waals surface area contributed by atoms with Gasteiger partial charge in [0.1, 0.15) is 5.69 Å². The van der Waals surface area contributed by atoms with E-state index >= 15 is 0 Å². The molecule has 0 aliphatic rings. The molecule has 6 nitrogen and oxygen atoms in total. The van der Waals surface area contributed by atoms with Gasteiger partial charge >= 0.3 is 5.97 Å². The minimum Gasteiger partial charge on any atom is -0.477 e. The Balaban J connectivity index is 2.93. The highest BCUT2D eigenvalue weighted by Gasteiger charge is 2.09. The third kappa shape index (κ3) is 2.27. The van der Waals surface area contributed by atoms with Gasteiger partial charge < -0.3 is 5.11 Å². The molecule has 1 rings (SSSR count). The summed E-state index contributed by atoms with van der Waals surface area (Å²) in [6.07, 6.45) is 1.24. The Hall–Kier alpha value is -1.95. The van der Waals surface area contributed by atoms with E-state index in [-0.39, 0.29) is 11.3 Å². The van der Waals surface area contributed by atoms with Crippen LogP contribution in [0, 0.1) is 0 Å². The third-order valence-electron chi connectivity index (χ3n) is 1.44. The van der Waals surface area contributed by atoms with Gasteiger partial charge in [0.2, 0.25) is 0 Å². The number of rotatable bonds is 3. The van der Waals surface area contributed by atoms with Gasteiger partial charge in [0.25, 0.3) is 5.91 Å². The van der Waals surface area contributed by atoms with Crippen molar-refractivity contribution in [1.29, 1.82) is 0 Å². The number of carbonyl (C=O) groups excluding carboxylic acids is 1. The fourth-order valence-electron chi connectivity index (χ4n) is 0.840. The van der Waals surface area contributed by atoms with E-state index in [4.69, 9.17) is 5.11 Å². The lowest BCUT2D eigenvalue weighted by molar-refractivity contribution is 0.0537. The zero-order valence-corrected chi connectivity index (χ0v) is 7.35. The SMILES string of the molecule is CONC(=O)c1ccnc(C(=O)O)c1. The molecule has 0 unspecified atom stereocenters. The minimum absolute atomic E-state index is 0.180. The maximum atomic E-state index is 11.2. The van der Waals surface area contributed by atoms with Crippen molar-refractivity contribution < 1.29 is 19.5 Å². The van der Waals surface area contributed by atoms with Crippen LogP contribution in [0.2, 0.25) is 0 Å². The zero-order valence-electron chi connectivity index (χ0n) is 7.35. The number of hydrogen-bond donors (Lipinski definition) is 2. The van der Waals surface area contributed by atoms with Crippen LogP contribution in [0.5, 0.6) is 0 Å². The number of hydroxylamine groups is 1. The second-order valence-corrected chi connectivity index (χ2v) is 2.37. The Labute approximate surface area is 79.5 Å². The van der Waals surface area contributed by atoms with E-state index in [1.165, 1.54) is 19.4 Å². The van der Waals surface area contributed by atoms with Crippen LogP contribution in [-0.4, -0.2) is 29.1 Å². The molecule has 0 aliphatic carbocycles. The Kier molecular flexibility index (Phi) is 3.14. The molecule has 0 aliphatic heterocycles. The van der Waals surface area contributed by atoms with Crippen molar-refractivity contribution in [3.63, 3.8) is 0 Å². The highest BCUT2D eigenvalue weighted by Crippen LogP contribution is 2.01. The van der Waals surface area contributed by atoms with Crippen molar-refractivity contribution in [2.24, 2.45) is 0 Å². The summed E-state index contributed by atoms with van der Waals surface area (Å²) in [5.74, 6) is -1.70. The van der Waals surface area contributed by atoms with Gasteiger partial charge in [0, 0.05) is 11.8 Å².